The van der Waals surface area contributed by atoms with Crippen LogP contribution in [0.2, 0.25) is 5.02 Å². The number of anilines is 2. The van der Waals surface area contributed by atoms with Crippen molar-refractivity contribution in [3.63, 3.8) is 0 Å². The Labute approximate surface area is 200 Å². The topological polar surface area (TPSA) is 53.5 Å². The number of benzene rings is 2. The van der Waals surface area contributed by atoms with Gasteiger partial charge in [-0.2, -0.15) is 0 Å². The third-order valence-corrected chi connectivity index (χ3v) is 6.44. The zero-order chi connectivity index (χ0) is 24.2. The summed E-state index contributed by atoms with van der Waals surface area (Å²) in [7, 11) is 3.80. The summed E-state index contributed by atoms with van der Waals surface area (Å²) in [6.07, 6.45) is 1.45. The number of hydrogen-bond acceptors (Lipinski definition) is 6. The van der Waals surface area contributed by atoms with E-state index in [-0.39, 0.29) is 16.2 Å². The molecule has 1 aromatic heterocycles. The molecule has 1 aliphatic heterocycles. The van der Waals surface area contributed by atoms with E-state index >= 15 is 0 Å². The largest absolute Gasteiger partial charge is 0.496 e. The van der Waals surface area contributed by atoms with Crippen LogP contribution >= 0.6 is 11.6 Å². The second kappa shape index (κ2) is 10.6. The van der Waals surface area contributed by atoms with Crippen LogP contribution < -0.4 is 10.1 Å². The van der Waals surface area contributed by atoms with Crippen molar-refractivity contribution in [1.82, 2.24) is 19.8 Å². The van der Waals surface area contributed by atoms with Gasteiger partial charge in [-0.05, 0) is 38.7 Å². The molecule has 0 unspecified atom stereocenters. The zero-order valence-electron chi connectivity index (χ0n) is 20.2. The van der Waals surface area contributed by atoms with Crippen molar-refractivity contribution in [3.8, 4) is 5.75 Å². The summed E-state index contributed by atoms with van der Waals surface area (Å²) in [5.74, 6) is 0.778. The summed E-state index contributed by atoms with van der Waals surface area (Å²) in [6, 6.07) is 8.76. The molecule has 0 aliphatic carbocycles. The lowest BCUT2D eigenvalue weighted by molar-refractivity contribution is -0.0303. The molecule has 3 aromatic rings. The fraction of sp³-hybridized carbons (Fsp3) is 0.440. The Balaban J connectivity index is 0.00000149. The van der Waals surface area contributed by atoms with Gasteiger partial charge in [-0.1, -0.05) is 38.4 Å². The molecule has 0 spiro atoms. The highest BCUT2D eigenvalue weighted by molar-refractivity contribution is 6.31. The van der Waals surface area contributed by atoms with Gasteiger partial charge in [0.25, 0.3) is 0 Å². The standard InChI is InChI=1S/C23H27ClFN5O.C2H6/c1-5-30-12-23(2,13-30)29(3)11-15-9-16-19(10-20(15)31-4)26-14-27-22(16)28-18-8-6-7-17(24)21(18)25;1-2/h6-10,14H,5,11-13H2,1-4H3,(H,26,27,28);1-2H3. The number of methoxy groups -OCH3 is 1. The van der Waals surface area contributed by atoms with Crippen molar-refractivity contribution in [2.75, 3.05) is 39.1 Å². The van der Waals surface area contributed by atoms with E-state index in [1.54, 1.807) is 19.2 Å². The molecule has 2 heterocycles. The Morgan fingerprint density at radius 3 is 2.64 bits per heavy atom. The Bertz CT molecular complexity index is 1100. The lowest BCUT2D eigenvalue weighted by atomic mass is 9.90. The van der Waals surface area contributed by atoms with Gasteiger partial charge in [0.15, 0.2) is 5.82 Å². The van der Waals surface area contributed by atoms with Gasteiger partial charge in [-0.25, -0.2) is 14.4 Å². The fourth-order valence-electron chi connectivity index (χ4n) is 4.10. The molecule has 0 amide bonds. The van der Waals surface area contributed by atoms with Crippen LogP contribution in [-0.4, -0.2) is 59.1 Å². The molecule has 0 saturated carbocycles. The molecule has 8 heteroatoms. The first-order valence-corrected chi connectivity index (χ1v) is 11.7. The molecule has 178 valence electrons. The van der Waals surface area contributed by atoms with Crippen LogP contribution in [0.15, 0.2) is 36.7 Å². The molecule has 4 rings (SSSR count). The molecule has 6 nitrogen and oxygen atoms in total. The molecule has 1 N–H and O–H groups in total. The van der Waals surface area contributed by atoms with E-state index in [2.05, 4.69) is 46.0 Å². The second-order valence-corrected chi connectivity index (χ2v) is 8.69. The van der Waals surface area contributed by atoms with E-state index in [1.807, 2.05) is 26.0 Å². The van der Waals surface area contributed by atoms with Crippen molar-refractivity contribution >= 4 is 34.0 Å². The highest BCUT2D eigenvalue weighted by Gasteiger charge is 2.41. The van der Waals surface area contributed by atoms with Gasteiger partial charge in [0.1, 0.15) is 17.9 Å². The van der Waals surface area contributed by atoms with Crippen molar-refractivity contribution in [3.05, 3.63) is 53.1 Å². The third kappa shape index (κ3) is 5.21. The zero-order valence-corrected chi connectivity index (χ0v) is 21.0. The SMILES string of the molecule is CC.CCN1CC(C)(N(C)Cc2cc3c(Nc4cccc(Cl)c4F)ncnc3cc2OC)C1. The molecule has 0 bridgehead atoms. The maximum atomic E-state index is 14.4. The van der Waals surface area contributed by atoms with E-state index in [0.29, 0.717) is 12.4 Å². The van der Waals surface area contributed by atoms with Crippen LogP contribution in [0.3, 0.4) is 0 Å². The molecule has 0 radical (unpaired) electrons. The minimum atomic E-state index is -0.511. The third-order valence-electron chi connectivity index (χ3n) is 6.15. The first kappa shape index (κ1) is 25.1. The Kier molecular flexibility index (Phi) is 8.10. The lowest BCUT2D eigenvalue weighted by Crippen LogP contribution is -2.67. The monoisotopic (exact) mass is 473 g/mol. The van der Waals surface area contributed by atoms with Crippen molar-refractivity contribution in [1.29, 1.82) is 0 Å². The van der Waals surface area contributed by atoms with Crippen molar-refractivity contribution in [2.24, 2.45) is 0 Å². The minimum Gasteiger partial charge on any atom is -0.496 e. The number of ether oxygens (including phenoxy) is 1. The van der Waals surface area contributed by atoms with E-state index in [1.165, 1.54) is 12.4 Å². The Morgan fingerprint density at radius 2 is 1.97 bits per heavy atom. The van der Waals surface area contributed by atoms with E-state index in [4.69, 9.17) is 16.3 Å². The van der Waals surface area contributed by atoms with Gasteiger partial charge in [-0.15, -0.1) is 0 Å². The van der Waals surface area contributed by atoms with Crippen LogP contribution in [0.25, 0.3) is 10.9 Å². The Morgan fingerprint density at radius 1 is 1.24 bits per heavy atom. The lowest BCUT2D eigenvalue weighted by Gasteiger charge is -2.53. The molecule has 0 atom stereocenters. The molecule has 1 aliphatic rings. The summed E-state index contributed by atoms with van der Waals surface area (Å²) in [5, 5.41) is 3.92. The average Bonchev–Trinajstić information content (AvgIpc) is 2.81. The molecule has 2 aromatic carbocycles. The summed E-state index contributed by atoms with van der Waals surface area (Å²) in [4.78, 5) is 13.5. The predicted octanol–water partition coefficient (Wildman–Crippen LogP) is 5.73. The smallest absolute Gasteiger partial charge is 0.165 e. The summed E-state index contributed by atoms with van der Waals surface area (Å²) in [6.45, 7) is 12.3. The minimum absolute atomic E-state index is 0.0576. The maximum absolute atomic E-state index is 14.4. The summed E-state index contributed by atoms with van der Waals surface area (Å²) in [5.41, 5.74) is 2.13. The molecule has 1 saturated heterocycles. The number of rotatable bonds is 7. The summed E-state index contributed by atoms with van der Waals surface area (Å²) < 4.78 is 20.1. The number of likely N-dealkylation sites (N-methyl/N-ethyl adjacent to an activating group) is 2. The van der Waals surface area contributed by atoms with Gasteiger partial charge in [0, 0.05) is 42.2 Å². The first-order chi connectivity index (χ1) is 15.8. The van der Waals surface area contributed by atoms with Crippen LogP contribution in [-0.2, 0) is 6.54 Å². The number of aromatic nitrogens is 2. The van der Waals surface area contributed by atoms with E-state index in [9.17, 15) is 4.39 Å². The van der Waals surface area contributed by atoms with Gasteiger partial charge in [-0.3, -0.25) is 9.80 Å². The number of halogens is 2. The first-order valence-electron chi connectivity index (χ1n) is 11.3. The van der Waals surface area contributed by atoms with Crippen LogP contribution in [0.1, 0.15) is 33.3 Å². The van der Waals surface area contributed by atoms with Crippen LogP contribution in [0.4, 0.5) is 15.9 Å². The van der Waals surface area contributed by atoms with Gasteiger partial charge in [0.2, 0.25) is 0 Å². The van der Waals surface area contributed by atoms with E-state index in [0.717, 1.165) is 41.9 Å². The van der Waals surface area contributed by atoms with E-state index < -0.39 is 5.82 Å². The number of nitrogens with one attached hydrogen (secondary N) is 1. The highest BCUT2D eigenvalue weighted by Crippen LogP contribution is 2.34. The van der Waals surface area contributed by atoms with Crippen molar-refractivity contribution < 1.29 is 9.13 Å². The number of fused-ring (bicyclic) bond motifs is 1. The highest BCUT2D eigenvalue weighted by atomic mass is 35.5. The average molecular weight is 474 g/mol. The van der Waals surface area contributed by atoms with Crippen molar-refractivity contribution in [2.45, 2.75) is 39.8 Å². The van der Waals surface area contributed by atoms with Gasteiger partial charge < -0.3 is 10.1 Å². The molecular weight excluding hydrogens is 441 g/mol. The summed E-state index contributed by atoms with van der Waals surface area (Å²) >= 11 is 5.93. The quantitative estimate of drug-likeness (QED) is 0.473. The second-order valence-electron chi connectivity index (χ2n) is 8.29. The number of hydrogen-bond donors (Lipinski definition) is 1. The van der Waals surface area contributed by atoms with Crippen LogP contribution in [0, 0.1) is 5.82 Å². The number of likely N-dealkylation sites (tertiary alicyclic amines) is 1. The predicted molar refractivity (Wildman–Crippen MR) is 134 cm³/mol. The fourth-order valence-corrected chi connectivity index (χ4v) is 4.27. The van der Waals surface area contributed by atoms with Gasteiger partial charge in [0.05, 0.1) is 23.3 Å². The Hall–Kier alpha value is -2.48. The molecule has 33 heavy (non-hydrogen) atoms. The molecular formula is C25H33ClFN5O. The normalized spacial score (nSPS) is 15.1. The molecule has 1 fully saturated rings. The maximum Gasteiger partial charge on any atom is 0.165 e. The van der Waals surface area contributed by atoms with Gasteiger partial charge >= 0.3 is 0 Å². The van der Waals surface area contributed by atoms with Crippen LogP contribution in [0.5, 0.6) is 5.75 Å². The number of nitrogens with zero attached hydrogens (tertiary/aromatic N) is 4.